The summed E-state index contributed by atoms with van der Waals surface area (Å²) in [7, 11) is 0. The van der Waals surface area contributed by atoms with E-state index in [0.717, 1.165) is 5.71 Å². The molecule has 3 heteroatoms. The summed E-state index contributed by atoms with van der Waals surface area (Å²) in [6, 6.07) is 0. The molecule has 10 heavy (non-hydrogen) atoms. The molecule has 0 saturated carbocycles. The van der Waals surface area contributed by atoms with E-state index in [2.05, 4.69) is 36.2 Å². The molecule has 0 aliphatic carbocycles. The predicted molar refractivity (Wildman–Crippen MR) is 43.3 cm³/mol. The van der Waals surface area contributed by atoms with E-state index in [0.29, 0.717) is 6.54 Å². The normalized spacial score (nSPS) is 16.5. The van der Waals surface area contributed by atoms with Crippen LogP contribution < -0.4 is 0 Å². The molecule has 1 heterocycles. The van der Waals surface area contributed by atoms with Gasteiger partial charge in [-0.05, 0) is 5.22 Å². The van der Waals surface area contributed by atoms with Crippen molar-refractivity contribution in [2.24, 2.45) is 20.9 Å². The Morgan fingerprint density at radius 2 is 1.90 bits per heavy atom. The zero-order valence-electron chi connectivity index (χ0n) is 6.05. The number of rotatable bonds is 0. The minimum Gasteiger partial charge on any atom is -0.163 e. The van der Waals surface area contributed by atoms with Gasteiger partial charge in [0.2, 0.25) is 0 Å². The van der Waals surface area contributed by atoms with E-state index in [1.54, 1.807) is 0 Å². The van der Waals surface area contributed by atoms with Gasteiger partial charge in [0.05, 0.1) is 5.71 Å². The largest absolute Gasteiger partial charge is 0.163 e. The highest BCUT2D eigenvalue weighted by atomic mass is 15.4. The van der Waals surface area contributed by atoms with Gasteiger partial charge in [-0.3, -0.25) is 0 Å². The molecule has 58 valence electrons. The highest BCUT2D eigenvalue weighted by molar-refractivity contribution is 5.91. The average molecular weight is 141 g/mol. The average Bonchev–Trinajstić information content (AvgIpc) is 2.08. The maximum absolute atomic E-state index is 3.88. The molecule has 0 aromatic rings. The fourth-order valence-corrected chi connectivity index (χ4v) is 0.603. The second-order valence-electron chi connectivity index (χ2n) is 3.19. The molecule has 0 aromatic heterocycles. The molecular formula is C7H15N3. The Bertz CT molecular complexity index is 162. The van der Waals surface area contributed by atoms with Gasteiger partial charge in [0, 0.05) is 5.41 Å². The Morgan fingerprint density at radius 3 is 2.10 bits per heavy atom. The second kappa shape index (κ2) is 2.90. The number of nitrogens with zero attached hydrogens (tertiary/aromatic N) is 3. The standard InChI is InChI=1S/C6H11N3.CH4/c1-6(2,3)5-4-7-9-8-5;/h4H2,1-3H3;1H4. The van der Waals surface area contributed by atoms with Gasteiger partial charge in [0.15, 0.2) is 0 Å². The van der Waals surface area contributed by atoms with Gasteiger partial charge < -0.3 is 0 Å². The topological polar surface area (TPSA) is 37.1 Å². The van der Waals surface area contributed by atoms with Crippen molar-refractivity contribution >= 4 is 5.71 Å². The molecule has 0 spiro atoms. The molecule has 1 rings (SSSR count). The molecular weight excluding hydrogens is 126 g/mol. The first-order chi connectivity index (χ1) is 4.11. The van der Waals surface area contributed by atoms with Gasteiger partial charge in [-0.2, -0.15) is 5.11 Å². The molecule has 1 aliphatic rings. The van der Waals surface area contributed by atoms with Crippen molar-refractivity contribution in [1.29, 1.82) is 0 Å². The zero-order valence-corrected chi connectivity index (χ0v) is 6.05. The summed E-state index contributed by atoms with van der Waals surface area (Å²) >= 11 is 0. The number of hydrogen-bond acceptors (Lipinski definition) is 3. The van der Waals surface area contributed by atoms with Crippen LogP contribution in [0.2, 0.25) is 0 Å². The van der Waals surface area contributed by atoms with Crippen LogP contribution in [-0.2, 0) is 0 Å². The first kappa shape index (κ1) is 9.27. The van der Waals surface area contributed by atoms with Crippen molar-refractivity contribution in [3.05, 3.63) is 0 Å². The molecule has 1 aliphatic heterocycles. The molecule has 3 nitrogen and oxygen atoms in total. The maximum atomic E-state index is 3.88. The van der Waals surface area contributed by atoms with Gasteiger partial charge in [-0.15, -0.1) is 5.10 Å². The fourth-order valence-electron chi connectivity index (χ4n) is 0.603. The Hall–Kier alpha value is -0.730. The van der Waals surface area contributed by atoms with E-state index >= 15 is 0 Å². The lowest BCUT2D eigenvalue weighted by atomic mass is 9.90. The Morgan fingerprint density at radius 1 is 1.30 bits per heavy atom. The van der Waals surface area contributed by atoms with Gasteiger partial charge >= 0.3 is 0 Å². The summed E-state index contributed by atoms with van der Waals surface area (Å²) in [5.41, 5.74) is 1.21. The molecule has 0 amide bonds. The Kier molecular flexibility index (Phi) is 2.69. The molecule has 0 N–H and O–H groups in total. The van der Waals surface area contributed by atoms with Crippen LogP contribution in [0, 0.1) is 5.41 Å². The van der Waals surface area contributed by atoms with Crippen molar-refractivity contribution in [3.8, 4) is 0 Å². The van der Waals surface area contributed by atoms with Crippen molar-refractivity contribution in [3.63, 3.8) is 0 Å². The summed E-state index contributed by atoms with van der Waals surface area (Å²) < 4.78 is 0. The first-order valence-corrected chi connectivity index (χ1v) is 3.04. The lowest BCUT2D eigenvalue weighted by Crippen LogP contribution is -2.20. The van der Waals surface area contributed by atoms with Crippen LogP contribution in [0.3, 0.4) is 0 Å². The quantitative estimate of drug-likeness (QED) is 0.497. The molecule has 0 saturated heterocycles. The van der Waals surface area contributed by atoms with E-state index in [-0.39, 0.29) is 12.8 Å². The van der Waals surface area contributed by atoms with Gasteiger partial charge in [-0.25, -0.2) is 0 Å². The smallest absolute Gasteiger partial charge is 0.103 e. The minimum absolute atomic E-state index is 0. The monoisotopic (exact) mass is 141 g/mol. The summed E-state index contributed by atoms with van der Waals surface area (Å²) in [5, 5.41) is 11.2. The Balaban J connectivity index is 0.000000810. The van der Waals surface area contributed by atoms with Crippen LogP contribution in [0.25, 0.3) is 0 Å². The third kappa shape index (κ3) is 1.90. The minimum atomic E-state index is 0. The van der Waals surface area contributed by atoms with Crippen LogP contribution in [0.15, 0.2) is 15.4 Å². The molecule has 0 unspecified atom stereocenters. The summed E-state index contributed by atoms with van der Waals surface area (Å²) in [6.07, 6.45) is 0. The molecule has 0 aromatic carbocycles. The third-order valence-electron chi connectivity index (χ3n) is 1.31. The van der Waals surface area contributed by atoms with Crippen molar-refractivity contribution in [1.82, 2.24) is 0 Å². The van der Waals surface area contributed by atoms with Crippen molar-refractivity contribution in [2.45, 2.75) is 28.2 Å². The van der Waals surface area contributed by atoms with Crippen molar-refractivity contribution < 1.29 is 0 Å². The molecule has 0 atom stereocenters. The third-order valence-corrected chi connectivity index (χ3v) is 1.31. The first-order valence-electron chi connectivity index (χ1n) is 3.04. The lowest BCUT2D eigenvalue weighted by Gasteiger charge is -2.15. The SMILES string of the molecule is C.CC(C)(C)C1=NN=NC1. The predicted octanol–water partition coefficient (Wildman–Crippen LogP) is 2.49. The van der Waals surface area contributed by atoms with Gasteiger partial charge in [-0.1, -0.05) is 28.2 Å². The van der Waals surface area contributed by atoms with Crippen LogP contribution in [0.5, 0.6) is 0 Å². The fraction of sp³-hybridized carbons (Fsp3) is 0.857. The summed E-state index contributed by atoms with van der Waals surface area (Å²) in [4.78, 5) is 0. The highest BCUT2D eigenvalue weighted by Crippen LogP contribution is 2.18. The molecule has 0 bridgehead atoms. The van der Waals surface area contributed by atoms with Gasteiger partial charge in [0.25, 0.3) is 0 Å². The molecule has 0 radical (unpaired) electrons. The molecule has 0 fully saturated rings. The summed E-state index contributed by atoms with van der Waals surface area (Å²) in [5.74, 6) is 0. The maximum Gasteiger partial charge on any atom is 0.103 e. The van der Waals surface area contributed by atoms with Crippen molar-refractivity contribution in [2.75, 3.05) is 6.54 Å². The van der Waals surface area contributed by atoms with Crippen LogP contribution in [0.4, 0.5) is 0 Å². The van der Waals surface area contributed by atoms with E-state index in [4.69, 9.17) is 0 Å². The zero-order chi connectivity index (χ0) is 6.91. The number of hydrogen-bond donors (Lipinski definition) is 0. The van der Waals surface area contributed by atoms with E-state index in [9.17, 15) is 0 Å². The summed E-state index contributed by atoms with van der Waals surface area (Å²) in [6.45, 7) is 7.02. The van der Waals surface area contributed by atoms with Crippen LogP contribution in [-0.4, -0.2) is 12.3 Å². The van der Waals surface area contributed by atoms with Crippen LogP contribution >= 0.6 is 0 Å². The van der Waals surface area contributed by atoms with E-state index < -0.39 is 0 Å². The van der Waals surface area contributed by atoms with Gasteiger partial charge in [0.1, 0.15) is 6.54 Å². The second-order valence-corrected chi connectivity index (χ2v) is 3.19. The Labute approximate surface area is 62.2 Å². The van der Waals surface area contributed by atoms with E-state index in [1.807, 2.05) is 0 Å². The lowest BCUT2D eigenvalue weighted by molar-refractivity contribution is 0.586. The van der Waals surface area contributed by atoms with E-state index in [1.165, 1.54) is 0 Å². The highest BCUT2D eigenvalue weighted by Gasteiger charge is 2.20. The van der Waals surface area contributed by atoms with Crippen LogP contribution in [0.1, 0.15) is 28.2 Å².